The van der Waals surface area contributed by atoms with Crippen LogP contribution in [0.3, 0.4) is 0 Å². The van der Waals surface area contributed by atoms with E-state index in [0.29, 0.717) is 5.92 Å². The molecule has 2 fully saturated rings. The van der Waals surface area contributed by atoms with Crippen molar-refractivity contribution in [1.82, 2.24) is 9.97 Å². The van der Waals surface area contributed by atoms with Crippen LogP contribution in [-0.2, 0) is 0 Å². The second kappa shape index (κ2) is 5.73. The molecule has 18 heavy (non-hydrogen) atoms. The van der Waals surface area contributed by atoms with E-state index in [-0.39, 0.29) is 0 Å². The van der Waals surface area contributed by atoms with E-state index in [1.54, 1.807) is 6.33 Å². The fourth-order valence-electron chi connectivity index (χ4n) is 3.32. The molecule has 0 radical (unpaired) electrons. The lowest BCUT2D eigenvalue weighted by molar-refractivity contribution is 0.341. The Kier molecular flexibility index (Phi) is 3.82. The van der Waals surface area contributed by atoms with Crippen LogP contribution in [0.4, 0.5) is 0 Å². The van der Waals surface area contributed by atoms with Crippen molar-refractivity contribution >= 4 is 0 Å². The van der Waals surface area contributed by atoms with E-state index in [4.69, 9.17) is 0 Å². The van der Waals surface area contributed by atoms with Crippen LogP contribution in [-0.4, -0.2) is 9.97 Å². The summed E-state index contributed by atoms with van der Waals surface area (Å²) in [4.78, 5) is 7.39. The molecule has 1 aromatic heterocycles. The van der Waals surface area contributed by atoms with E-state index in [1.807, 2.05) is 6.20 Å². The van der Waals surface area contributed by atoms with Crippen LogP contribution < -0.4 is 0 Å². The molecule has 2 heteroatoms. The topological polar surface area (TPSA) is 28.7 Å². The predicted octanol–water partition coefficient (Wildman–Crippen LogP) is 4.43. The molecule has 0 aliphatic heterocycles. The monoisotopic (exact) mass is 244 g/mol. The van der Waals surface area contributed by atoms with Crippen molar-refractivity contribution in [2.75, 3.05) is 0 Å². The van der Waals surface area contributed by atoms with E-state index in [1.165, 1.54) is 57.1 Å². The number of H-pyrrole nitrogens is 1. The molecule has 98 valence electrons. The van der Waals surface area contributed by atoms with Gasteiger partial charge in [-0.05, 0) is 31.1 Å². The molecular weight excluding hydrogens is 220 g/mol. The summed E-state index contributed by atoms with van der Waals surface area (Å²) in [7, 11) is 0. The maximum Gasteiger partial charge on any atom is 0.0923 e. The van der Waals surface area contributed by atoms with E-state index in [2.05, 4.69) is 22.1 Å². The van der Waals surface area contributed by atoms with Gasteiger partial charge in [0.15, 0.2) is 0 Å². The number of hydrogen-bond acceptors (Lipinski definition) is 1. The standard InChI is InChI=1S/C16H24N2/c1-2-6-13(7-3-1)8-4-5-9-14-10-15(14)16-11-17-12-18-16/h5,9,11-15H,1-4,6-8,10H2,(H,17,18)/b9-5-/t14-,15-/m1/s1. The van der Waals surface area contributed by atoms with Gasteiger partial charge in [0, 0.05) is 12.1 Å². The summed E-state index contributed by atoms with van der Waals surface area (Å²) in [6.07, 6.45) is 20.1. The highest BCUT2D eigenvalue weighted by Crippen LogP contribution is 2.47. The summed E-state index contributed by atoms with van der Waals surface area (Å²) in [5.74, 6) is 2.48. The Balaban J connectivity index is 1.35. The number of aromatic nitrogens is 2. The largest absolute Gasteiger partial charge is 0.351 e. The average molecular weight is 244 g/mol. The molecule has 1 aromatic rings. The highest BCUT2D eigenvalue weighted by atomic mass is 14.9. The normalized spacial score (nSPS) is 28.9. The highest BCUT2D eigenvalue weighted by molar-refractivity contribution is 5.19. The van der Waals surface area contributed by atoms with E-state index >= 15 is 0 Å². The second-order valence-electron chi connectivity index (χ2n) is 6.01. The van der Waals surface area contributed by atoms with Gasteiger partial charge in [0.25, 0.3) is 0 Å². The van der Waals surface area contributed by atoms with Crippen LogP contribution in [0, 0.1) is 11.8 Å². The number of imidazole rings is 1. The zero-order valence-electron chi connectivity index (χ0n) is 11.1. The first-order valence-electron chi connectivity index (χ1n) is 7.59. The molecule has 2 aliphatic rings. The smallest absolute Gasteiger partial charge is 0.0923 e. The van der Waals surface area contributed by atoms with Crippen LogP contribution in [0.25, 0.3) is 0 Å². The average Bonchev–Trinajstić information content (AvgIpc) is 2.98. The molecule has 2 atom stereocenters. The fraction of sp³-hybridized carbons (Fsp3) is 0.688. The van der Waals surface area contributed by atoms with Crippen molar-refractivity contribution < 1.29 is 0 Å². The lowest BCUT2D eigenvalue weighted by Crippen LogP contribution is -2.05. The molecule has 1 N–H and O–H groups in total. The minimum atomic E-state index is 0.696. The zero-order valence-corrected chi connectivity index (χ0v) is 11.1. The number of rotatable bonds is 5. The maximum absolute atomic E-state index is 4.34. The van der Waals surface area contributed by atoms with Crippen LogP contribution in [0.15, 0.2) is 24.7 Å². The van der Waals surface area contributed by atoms with E-state index < -0.39 is 0 Å². The van der Waals surface area contributed by atoms with Crippen molar-refractivity contribution in [3.63, 3.8) is 0 Å². The Bertz CT molecular complexity index is 374. The van der Waals surface area contributed by atoms with Gasteiger partial charge in [-0.2, -0.15) is 0 Å². The van der Waals surface area contributed by atoms with Crippen LogP contribution in [0.5, 0.6) is 0 Å². The Morgan fingerprint density at radius 2 is 2.17 bits per heavy atom. The third kappa shape index (κ3) is 3.04. The number of aromatic amines is 1. The lowest BCUT2D eigenvalue weighted by atomic mass is 9.86. The van der Waals surface area contributed by atoms with Gasteiger partial charge >= 0.3 is 0 Å². The van der Waals surface area contributed by atoms with Crippen LogP contribution >= 0.6 is 0 Å². The molecule has 0 unspecified atom stereocenters. The van der Waals surface area contributed by atoms with Crippen molar-refractivity contribution in [3.8, 4) is 0 Å². The predicted molar refractivity (Wildman–Crippen MR) is 74.4 cm³/mol. The number of hydrogen-bond donors (Lipinski definition) is 1. The third-order valence-corrected chi connectivity index (χ3v) is 4.59. The first-order valence-corrected chi connectivity index (χ1v) is 7.59. The lowest BCUT2D eigenvalue weighted by Gasteiger charge is -2.20. The minimum Gasteiger partial charge on any atom is -0.351 e. The summed E-state index contributed by atoms with van der Waals surface area (Å²) >= 11 is 0. The molecular formula is C16H24N2. The quantitative estimate of drug-likeness (QED) is 0.763. The fourth-order valence-corrected chi connectivity index (χ4v) is 3.32. The van der Waals surface area contributed by atoms with Gasteiger partial charge in [0.05, 0.1) is 12.0 Å². The molecule has 2 saturated carbocycles. The molecule has 2 nitrogen and oxygen atoms in total. The Labute approximate surface area is 110 Å². The first kappa shape index (κ1) is 12.0. The molecule has 0 aromatic carbocycles. The minimum absolute atomic E-state index is 0.696. The summed E-state index contributed by atoms with van der Waals surface area (Å²) in [6, 6.07) is 0. The summed E-state index contributed by atoms with van der Waals surface area (Å²) < 4.78 is 0. The van der Waals surface area contributed by atoms with Crippen molar-refractivity contribution in [1.29, 1.82) is 0 Å². The van der Waals surface area contributed by atoms with E-state index in [0.717, 1.165) is 11.8 Å². The maximum atomic E-state index is 4.34. The second-order valence-corrected chi connectivity index (χ2v) is 6.01. The zero-order chi connectivity index (χ0) is 12.2. The molecule has 0 saturated heterocycles. The van der Waals surface area contributed by atoms with Gasteiger partial charge in [0.2, 0.25) is 0 Å². The Morgan fingerprint density at radius 1 is 1.28 bits per heavy atom. The Hall–Kier alpha value is -1.05. The Morgan fingerprint density at radius 3 is 2.94 bits per heavy atom. The number of allylic oxidation sites excluding steroid dienone is 2. The highest BCUT2D eigenvalue weighted by Gasteiger charge is 2.37. The summed E-state index contributed by atoms with van der Waals surface area (Å²) in [5, 5.41) is 0. The molecule has 1 heterocycles. The van der Waals surface area contributed by atoms with Gasteiger partial charge in [0.1, 0.15) is 0 Å². The number of nitrogens with one attached hydrogen (secondary N) is 1. The SMILES string of the molecule is C(=C/[C@@H]1C[C@H]1c1c[nH]cn1)/CCC1CCCCC1. The third-order valence-electron chi connectivity index (χ3n) is 4.59. The van der Waals surface area contributed by atoms with Crippen molar-refractivity contribution in [3.05, 3.63) is 30.4 Å². The van der Waals surface area contributed by atoms with Crippen molar-refractivity contribution in [2.24, 2.45) is 11.8 Å². The van der Waals surface area contributed by atoms with Gasteiger partial charge in [-0.1, -0.05) is 44.3 Å². The van der Waals surface area contributed by atoms with Crippen LogP contribution in [0.1, 0.15) is 63.0 Å². The first-order chi connectivity index (χ1) is 8.93. The molecule has 0 amide bonds. The summed E-state index contributed by atoms with van der Waals surface area (Å²) in [6.45, 7) is 0. The molecule has 0 spiro atoms. The van der Waals surface area contributed by atoms with Crippen LogP contribution in [0.2, 0.25) is 0 Å². The van der Waals surface area contributed by atoms with Gasteiger partial charge < -0.3 is 4.98 Å². The molecule has 0 bridgehead atoms. The van der Waals surface area contributed by atoms with Crippen molar-refractivity contribution in [2.45, 2.75) is 57.3 Å². The van der Waals surface area contributed by atoms with Gasteiger partial charge in [-0.3, -0.25) is 0 Å². The van der Waals surface area contributed by atoms with E-state index in [9.17, 15) is 0 Å². The van der Waals surface area contributed by atoms with Gasteiger partial charge in [-0.15, -0.1) is 0 Å². The molecule has 2 aliphatic carbocycles. The van der Waals surface area contributed by atoms with Gasteiger partial charge in [-0.25, -0.2) is 4.98 Å². The molecule has 3 rings (SSSR count). The summed E-state index contributed by atoms with van der Waals surface area (Å²) in [5.41, 5.74) is 1.25. The number of nitrogens with zero attached hydrogens (tertiary/aromatic N) is 1.